The Labute approximate surface area is 224 Å². The van der Waals surface area contributed by atoms with Crippen molar-refractivity contribution in [3.8, 4) is 0 Å². The highest BCUT2D eigenvalue weighted by molar-refractivity contribution is 7.99. The number of piperidine rings is 1. The van der Waals surface area contributed by atoms with Crippen LogP contribution in [0.5, 0.6) is 0 Å². The maximum atomic E-state index is 13.3. The fraction of sp³-hybridized carbons (Fsp3) is 0.520. The summed E-state index contributed by atoms with van der Waals surface area (Å²) >= 11 is 8.14. The van der Waals surface area contributed by atoms with Gasteiger partial charge >= 0.3 is 0 Å². The van der Waals surface area contributed by atoms with Gasteiger partial charge in [-0.15, -0.1) is 0 Å². The molecule has 1 aromatic carbocycles. The van der Waals surface area contributed by atoms with Gasteiger partial charge in [0.1, 0.15) is 10.8 Å². The SMILES string of the molecule is N[C@@H]1COCC12CCN(c1cnc(Sc3ccc4ncn(CN5CCOCC5)c(=O)c4c3Cl)cn1)CC2. The van der Waals surface area contributed by atoms with Crippen molar-refractivity contribution < 1.29 is 9.47 Å². The van der Waals surface area contributed by atoms with Gasteiger partial charge in [-0.2, -0.15) is 0 Å². The van der Waals surface area contributed by atoms with Crippen LogP contribution in [0.3, 0.4) is 0 Å². The predicted molar refractivity (Wildman–Crippen MR) is 142 cm³/mol. The number of nitrogens with zero attached hydrogens (tertiary/aromatic N) is 6. The lowest BCUT2D eigenvalue weighted by Crippen LogP contribution is -2.49. The van der Waals surface area contributed by atoms with Crippen molar-refractivity contribution in [1.29, 1.82) is 0 Å². The molecule has 3 aliphatic rings. The molecule has 1 atom stereocenters. The summed E-state index contributed by atoms with van der Waals surface area (Å²) in [6.07, 6.45) is 7.14. The third kappa shape index (κ3) is 4.96. The molecule has 3 aromatic rings. The molecule has 10 nitrogen and oxygen atoms in total. The molecule has 3 fully saturated rings. The number of anilines is 1. The first kappa shape index (κ1) is 25.0. The van der Waals surface area contributed by atoms with Gasteiger partial charge in [0.2, 0.25) is 0 Å². The van der Waals surface area contributed by atoms with Gasteiger partial charge in [0, 0.05) is 42.5 Å². The van der Waals surface area contributed by atoms with Crippen LogP contribution in [0.4, 0.5) is 5.82 Å². The second-order valence-corrected chi connectivity index (χ2v) is 11.4. The lowest BCUT2D eigenvalue weighted by molar-refractivity contribution is 0.0228. The van der Waals surface area contributed by atoms with Crippen molar-refractivity contribution in [3.05, 3.63) is 46.2 Å². The Kier molecular flexibility index (Phi) is 7.08. The summed E-state index contributed by atoms with van der Waals surface area (Å²) in [5.41, 5.74) is 6.84. The summed E-state index contributed by atoms with van der Waals surface area (Å²) < 4.78 is 12.6. The van der Waals surface area contributed by atoms with E-state index in [4.69, 9.17) is 26.8 Å². The zero-order chi connectivity index (χ0) is 25.4. The molecular formula is C25H30ClN7O3S. The number of halogens is 1. The van der Waals surface area contributed by atoms with E-state index in [9.17, 15) is 4.79 Å². The fourth-order valence-corrected chi connectivity index (χ4v) is 6.45. The zero-order valence-corrected chi connectivity index (χ0v) is 22.1. The van der Waals surface area contributed by atoms with Crippen molar-refractivity contribution in [2.24, 2.45) is 11.1 Å². The van der Waals surface area contributed by atoms with Gasteiger partial charge in [0.25, 0.3) is 5.56 Å². The second-order valence-electron chi connectivity index (χ2n) is 9.95. The standard InChI is InChI=1S/C25H30ClN7O3S/c26-23-18(2-1-17-22(23)24(34)33(15-30-17)16-31-7-9-35-10-8-31)37-21-12-28-20(11-29-21)32-5-3-25(4-6-32)14-36-13-19(25)27/h1-2,11-12,15,19H,3-10,13-14,16,27H2/t19-/m1/s1. The quantitative estimate of drug-likeness (QED) is 0.514. The molecule has 0 aliphatic carbocycles. The van der Waals surface area contributed by atoms with Gasteiger partial charge in [0.15, 0.2) is 0 Å². The molecule has 1 spiro atoms. The molecule has 0 amide bonds. The minimum Gasteiger partial charge on any atom is -0.379 e. The van der Waals surface area contributed by atoms with Gasteiger partial charge in [-0.25, -0.2) is 15.0 Å². The maximum absolute atomic E-state index is 13.3. The van der Waals surface area contributed by atoms with Gasteiger partial charge < -0.3 is 20.1 Å². The molecule has 196 valence electrons. The highest BCUT2D eigenvalue weighted by atomic mass is 35.5. The minimum atomic E-state index is -0.152. The number of hydrogen-bond acceptors (Lipinski definition) is 10. The third-order valence-electron chi connectivity index (χ3n) is 7.74. The van der Waals surface area contributed by atoms with E-state index in [-0.39, 0.29) is 17.0 Å². The Bertz CT molecular complexity index is 1320. The molecule has 2 N–H and O–H groups in total. The minimum absolute atomic E-state index is 0.0994. The molecule has 3 aliphatic heterocycles. The Hall–Kier alpha value is -2.28. The van der Waals surface area contributed by atoms with E-state index in [1.165, 1.54) is 11.8 Å². The molecular weight excluding hydrogens is 514 g/mol. The van der Waals surface area contributed by atoms with Crippen LogP contribution < -0.4 is 16.2 Å². The molecule has 6 rings (SSSR count). The third-order valence-corrected chi connectivity index (χ3v) is 9.22. The average molecular weight is 544 g/mol. The molecule has 12 heteroatoms. The number of nitrogens with two attached hydrogens (primary N) is 1. The number of benzene rings is 1. The van der Waals surface area contributed by atoms with Gasteiger partial charge in [0.05, 0.1) is 67.7 Å². The smallest absolute Gasteiger partial charge is 0.263 e. The number of hydrogen-bond donors (Lipinski definition) is 1. The predicted octanol–water partition coefficient (Wildman–Crippen LogP) is 2.22. The van der Waals surface area contributed by atoms with Gasteiger partial charge in [-0.1, -0.05) is 23.4 Å². The number of aromatic nitrogens is 4. The van der Waals surface area contributed by atoms with Crippen LogP contribution in [0.2, 0.25) is 5.02 Å². The molecule has 0 unspecified atom stereocenters. The summed E-state index contributed by atoms with van der Waals surface area (Å²) in [5, 5.41) is 1.52. The van der Waals surface area contributed by atoms with Crippen LogP contribution in [0.15, 0.2) is 45.6 Å². The van der Waals surface area contributed by atoms with E-state index in [2.05, 4.69) is 24.8 Å². The second kappa shape index (κ2) is 10.5. The largest absolute Gasteiger partial charge is 0.379 e. The number of fused-ring (bicyclic) bond motifs is 1. The molecule has 0 radical (unpaired) electrons. The summed E-state index contributed by atoms with van der Waals surface area (Å²) in [5.74, 6) is 0.853. The van der Waals surface area contributed by atoms with E-state index >= 15 is 0 Å². The highest BCUT2D eigenvalue weighted by Crippen LogP contribution is 2.40. The molecule has 0 bridgehead atoms. The topological polar surface area (TPSA) is 112 Å². The Balaban J connectivity index is 1.17. The molecule has 2 aromatic heterocycles. The molecule has 3 saturated heterocycles. The first-order chi connectivity index (χ1) is 18.0. The molecule has 37 heavy (non-hydrogen) atoms. The summed E-state index contributed by atoms with van der Waals surface area (Å²) in [6, 6.07) is 3.82. The van der Waals surface area contributed by atoms with E-state index in [0.29, 0.717) is 47.4 Å². The Morgan fingerprint density at radius 3 is 2.59 bits per heavy atom. The first-order valence-corrected chi connectivity index (χ1v) is 13.8. The average Bonchev–Trinajstić information content (AvgIpc) is 3.27. The summed E-state index contributed by atoms with van der Waals surface area (Å²) in [6.45, 7) is 6.54. The van der Waals surface area contributed by atoms with Crippen molar-refractivity contribution in [2.75, 3.05) is 57.5 Å². The zero-order valence-electron chi connectivity index (χ0n) is 20.5. The number of rotatable bonds is 5. The van der Waals surface area contributed by atoms with E-state index in [1.54, 1.807) is 23.3 Å². The highest BCUT2D eigenvalue weighted by Gasteiger charge is 2.44. The van der Waals surface area contributed by atoms with E-state index in [1.807, 2.05) is 12.1 Å². The lowest BCUT2D eigenvalue weighted by Gasteiger charge is -2.41. The van der Waals surface area contributed by atoms with Crippen LogP contribution in [-0.2, 0) is 16.1 Å². The fourth-order valence-electron chi connectivity index (χ4n) is 5.33. The van der Waals surface area contributed by atoms with Crippen molar-refractivity contribution in [3.63, 3.8) is 0 Å². The Morgan fingerprint density at radius 2 is 1.89 bits per heavy atom. The van der Waals surface area contributed by atoms with Crippen LogP contribution in [-0.4, -0.2) is 83.1 Å². The lowest BCUT2D eigenvalue weighted by atomic mass is 9.75. The summed E-state index contributed by atoms with van der Waals surface area (Å²) in [7, 11) is 0. The number of morpholine rings is 1. The molecule has 5 heterocycles. The van der Waals surface area contributed by atoms with Gasteiger partial charge in [-0.05, 0) is 25.0 Å². The van der Waals surface area contributed by atoms with Crippen LogP contribution in [0, 0.1) is 5.41 Å². The maximum Gasteiger partial charge on any atom is 0.263 e. The number of ether oxygens (including phenoxy) is 2. The van der Waals surface area contributed by atoms with Gasteiger partial charge in [-0.3, -0.25) is 14.3 Å². The molecule has 0 saturated carbocycles. The Morgan fingerprint density at radius 1 is 1.08 bits per heavy atom. The van der Waals surface area contributed by atoms with Crippen LogP contribution >= 0.6 is 23.4 Å². The normalized spacial score (nSPS) is 22.2. The van der Waals surface area contributed by atoms with Crippen molar-refractivity contribution in [2.45, 2.75) is 35.5 Å². The van der Waals surface area contributed by atoms with Crippen LogP contribution in [0.1, 0.15) is 12.8 Å². The van der Waals surface area contributed by atoms with Crippen molar-refractivity contribution >= 4 is 40.1 Å². The van der Waals surface area contributed by atoms with Crippen LogP contribution in [0.25, 0.3) is 10.9 Å². The summed E-state index contributed by atoms with van der Waals surface area (Å²) in [4.78, 5) is 32.2. The van der Waals surface area contributed by atoms with E-state index in [0.717, 1.165) is 56.3 Å². The monoisotopic (exact) mass is 543 g/mol. The van der Waals surface area contributed by atoms with E-state index < -0.39 is 0 Å². The first-order valence-electron chi connectivity index (χ1n) is 12.6. The van der Waals surface area contributed by atoms with Crippen molar-refractivity contribution in [1.82, 2.24) is 24.4 Å².